The molecule has 6 nitrogen and oxygen atoms in total. The molecular weight excluding hydrogens is 388 g/mol. The maximum absolute atomic E-state index is 12.2. The molecule has 1 aliphatic carbocycles. The molecule has 1 N–H and O–H groups in total. The number of nitriles is 1. The van der Waals surface area contributed by atoms with Crippen LogP contribution in [-0.4, -0.2) is 24.3 Å². The third kappa shape index (κ3) is 5.30. The van der Waals surface area contributed by atoms with Crippen LogP contribution in [0, 0.1) is 17.2 Å². The number of rotatable bonds is 7. The summed E-state index contributed by atoms with van der Waals surface area (Å²) in [4.78, 5) is 37.2. The molecule has 150 valence electrons. The Labute approximate surface area is 173 Å². The van der Waals surface area contributed by atoms with Crippen LogP contribution >= 0.6 is 11.3 Å². The minimum Gasteiger partial charge on any atom is -0.456 e. The van der Waals surface area contributed by atoms with E-state index in [2.05, 4.69) is 18.3 Å². The summed E-state index contributed by atoms with van der Waals surface area (Å²) in [5.41, 5.74) is 2.09. The number of nitrogens with zero attached hydrogens (tertiary/aromatic N) is 1. The standard InChI is InChI=1S/C22H22N2O4S/c1-14-7-8-16-17(12-23)22(29-19(16)11-14)24-20(26)13-28-21(27)10-9-18(25)15-5-3-2-4-6-15/h2-6,14H,7-11,13H2,1H3,(H,24,26)/t14-/m1/s1. The number of amides is 1. The number of ether oxygens (including phenoxy) is 1. The largest absolute Gasteiger partial charge is 0.456 e. The zero-order valence-corrected chi connectivity index (χ0v) is 17.0. The first-order valence-corrected chi connectivity index (χ1v) is 10.4. The van der Waals surface area contributed by atoms with Gasteiger partial charge in [-0.25, -0.2) is 0 Å². The molecule has 2 aromatic rings. The average molecular weight is 410 g/mol. The fourth-order valence-electron chi connectivity index (χ4n) is 3.32. The lowest BCUT2D eigenvalue weighted by molar-refractivity contribution is -0.147. The molecule has 29 heavy (non-hydrogen) atoms. The van der Waals surface area contributed by atoms with Crippen molar-refractivity contribution in [2.24, 2.45) is 5.92 Å². The molecule has 1 aliphatic rings. The number of esters is 1. The molecule has 0 saturated heterocycles. The fraction of sp³-hybridized carbons (Fsp3) is 0.364. The van der Waals surface area contributed by atoms with E-state index >= 15 is 0 Å². The van der Waals surface area contributed by atoms with E-state index in [0.717, 1.165) is 29.7 Å². The summed E-state index contributed by atoms with van der Waals surface area (Å²) in [5, 5.41) is 12.7. The van der Waals surface area contributed by atoms with Crippen LogP contribution in [-0.2, 0) is 27.2 Å². The first-order chi connectivity index (χ1) is 14.0. The average Bonchev–Trinajstić information content (AvgIpc) is 3.06. The van der Waals surface area contributed by atoms with Crippen molar-refractivity contribution in [2.75, 3.05) is 11.9 Å². The lowest BCUT2D eigenvalue weighted by Gasteiger charge is -2.17. The molecule has 1 atom stereocenters. The SMILES string of the molecule is C[C@@H]1CCc2c(sc(NC(=O)COC(=O)CCC(=O)c3ccccc3)c2C#N)C1. The third-order valence-electron chi connectivity index (χ3n) is 4.89. The van der Waals surface area contributed by atoms with Gasteiger partial charge in [0, 0.05) is 16.9 Å². The fourth-order valence-corrected chi connectivity index (χ4v) is 4.70. The van der Waals surface area contributed by atoms with Crippen LogP contribution in [0.3, 0.4) is 0 Å². The second-order valence-electron chi connectivity index (χ2n) is 7.17. The molecule has 0 spiro atoms. The molecule has 0 saturated carbocycles. The molecular formula is C22H22N2O4S. The van der Waals surface area contributed by atoms with Gasteiger partial charge in [0.1, 0.15) is 11.1 Å². The predicted octanol–water partition coefficient (Wildman–Crippen LogP) is 3.89. The molecule has 1 heterocycles. The Morgan fingerprint density at radius 2 is 2.00 bits per heavy atom. The smallest absolute Gasteiger partial charge is 0.306 e. The summed E-state index contributed by atoms with van der Waals surface area (Å²) >= 11 is 1.43. The summed E-state index contributed by atoms with van der Waals surface area (Å²) in [7, 11) is 0. The van der Waals surface area contributed by atoms with E-state index in [1.54, 1.807) is 24.3 Å². The van der Waals surface area contributed by atoms with Crippen LogP contribution in [0.25, 0.3) is 0 Å². The zero-order chi connectivity index (χ0) is 20.8. The number of benzene rings is 1. The number of nitrogens with one attached hydrogen (secondary N) is 1. The molecule has 1 amide bonds. The van der Waals surface area contributed by atoms with Crippen LogP contribution in [0.5, 0.6) is 0 Å². The number of ketones is 1. The minimum atomic E-state index is -0.607. The van der Waals surface area contributed by atoms with Crippen LogP contribution in [0.4, 0.5) is 5.00 Å². The van der Waals surface area contributed by atoms with Gasteiger partial charge in [-0.1, -0.05) is 37.3 Å². The van der Waals surface area contributed by atoms with Gasteiger partial charge in [-0.05, 0) is 30.7 Å². The van der Waals surface area contributed by atoms with Crippen molar-refractivity contribution in [3.05, 3.63) is 51.9 Å². The molecule has 0 radical (unpaired) electrons. The van der Waals surface area contributed by atoms with E-state index in [1.807, 2.05) is 6.07 Å². The highest BCUT2D eigenvalue weighted by atomic mass is 32.1. The maximum Gasteiger partial charge on any atom is 0.306 e. The van der Waals surface area contributed by atoms with Crippen molar-refractivity contribution in [2.45, 2.75) is 39.0 Å². The molecule has 1 aromatic heterocycles. The van der Waals surface area contributed by atoms with Crippen molar-refractivity contribution in [3.63, 3.8) is 0 Å². The summed E-state index contributed by atoms with van der Waals surface area (Å²) in [6, 6.07) is 10.9. The van der Waals surface area contributed by atoms with E-state index in [4.69, 9.17) is 4.74 Å². The van der Waals surface area contributed by atoms with Crippen molar-refractivity contribution >= 4 is 34.0 Å². The molecule has 3 rings (SSSR count). The number of anilines is 1. The van der Waals surface area contributed by atoms with Gasteiger partial charge in [0.15, 0.2) is 12.4 Å². The zero-order valence-electron chi connectivity index (χ0n) is 16.2. The first-order valence-electron chi connectivity index (χ1n) is 9.56. The highest BCUT2D eigenvalue weighted by Crippen LogP contribution is 2.39. The Kier molecular flexibility index (Phi) is 6.78. The Balaban J connectivity index is 1.48. The monoisotopic (exact) mass is 410 g/mol. The first kappa shape index (κ1) is 20.7. The van der Waals surface area contributed by atoms with Gasteiger partial charge in [0.05, 0.1) is 12.0 Å². The number of hydrogen-bond acceptors (Lipinski definition) is 6. The Morgan fingerprint density at radius 3 is 2.72 bits per heavy atom. The number of carbonyl (C=O) groups excluding carboxylic acids is 3. The van der Waals surface area contributed by atoms with Crippen LogP contribution in [0.1, 0.15) is 52.5 Å². The van der Waals surface area contributed by atoms with Gasteiger partial charge in [0.2, 0.25) is 0 Å². The van der Waals surface area contributed by atoms with Crippen LogP contribution in [0.2, 0.25) is 0 Å². The van der Waals surface area contributed by atoms with Crippen LogP contribution in [0.15, 0.2) is 30.3 Å². The van der Waals surface area contributed by atoms with Crippen molar-refractivity contribution in [3.8, 4) is 6.07 Å². The predicted molar refractivity (Wildman–Crippen MR) is 110 cm³/mol. The van der Waals surface area contributed by atoms with Crippen molar-refractivity contribution in [1.29, 1.82) is 5.26 Å². The van der Waals surface area contributed by atoms with Crippen LogP contribution < -0.4 is 5.32 Å². The lowest BCUT2D eigenvalue weighted by Crippen LogP contribution is -2.21. The second-order valence-corrected chi connectivity index (χ2v) is 8.27. The molecule has 0 aliphatic heterocycles. The summed E-state index contributed by atoms with van der Waals surface area (Å²) < 4.78 is 4.97. The van der Waals surface area contributed by atoms with Gasteiger partial charge in [-0.2, -0.15) is 5.26 Å². The molecule has 0 fully saturated rings. The number of carbonyl (C=O) groups is 3. The van der Waals surface area contributed by atoms with E-state index in [9.17, 15) is 19.6 Å². The summed E-state index contributed by atoms with van der Waals surface area (Å²) in [5.74, 6) is -0.681. The highest BCUT2D eigenvalue weighted by Gasteiger charge is 2.24. The summed E-state index contributed by atoms with van der Waals surface area (Å²) in [6.45, 7) is 1.73. The second kappa shape index (κ2) is 9.48. The van der Waals surface area contributed by atoms with E-state index in [-0.39, 0.29) is 18.6 Å². The van der Waals surface area contributed by atoms with E-state index in [1.165, 1.54) is 11.3 Å². The third-order valence-corrected chi connectivity index (χ3v) is 6.06. The topological polar surface area (TPSA) is 96.3 Å². The van der Waals surface area contributed by atoms with Crippen molar-refractivity contribution in [1.82, 2.24) is 0 Å². The number of thiophene rings is 1. The molecule has 0 bridgehead atoms. The van der Waals surface area contributed by atoms with Gasteiger partial charge in [-0.3, -0.25) is 14.4 Å². The highest BCUT2D eigenvalue weighted by molar-refractivity contribution is 7.16. The molecule has 0 unspecified atom stereocenters. The van der Waals surface area contributed by atoms with Gasteiger partial charge >= 0.3 is 5.97 Å². The molecule has 7 heteroatoms. The number of Topliss-reactive ketones (excluding diaryl/α,β-unsaturated/α-hetero) is 1. The number of fused-ring (bicyclic) bond motifs is 1. The van der Waals surface area contributed by atoms with E-state index in [0.29, 0.717) is 22.0 Å². The van der Waals surface area contributed by atoms with E-state index < -0.39 is 18.5 Å². The summed E-state index contributed by atoms with van der Waals surface area (Å²) in [6.07, 6.45) is 2.73. The van der Waals surface area contributed by atoms with Gasteiger partial charge < -0.3 is 10.1 Å². The number of hydrogen-bond donors (Lipinski definition) is 1. The molecule has 1 aromatic carbocycles. The minimum absolute atomic E-state index is 0.0267. The quantitative estimate of drug-likeness (QED) is 0.552. The maximum atomic E-state index is 12.2. The normalized spacial score (nSPS) is 15.1. The van der Waals surface area contributed by atoms with Crippen molar-refractivity contribution < 1.29 is 19.1 Å². The van der Waals surface area contributed by atoms with Gasteiger partial charge in [-0.15, -0.1) is 11.3 Å². The lowest BCUT2D eigenvalue weighted by atomic mass is 9.89. The Morgan fingerprint density at radius 1 is 1.24 bits per heavy atom. The Hall–Kier alpha value is -2.98. The van der Waals surface area contributed by atoms with Gasteiger partial charge in [0.25, 0.3) is 5.91 Å². The Bertz CT molecular complexity index is 959.